The zero-order valence-corrected chi connectivity index (χ0v) is 10.4. The maximum atomic E-state index is 13.3. The van der Waals surface area contributed by atoms with E-state index < -0.39 is 23.4 Å². The van der Waals surface area contributed by atoms with Crippen LogP contribution in [0, 0.1) is 15.9 Å². The van der Waals surface area contributed by atoms with Crippen LogP contribution in [0.5, 0.6) is 5.88 Å². The van der Waals surface area contributed by atoms with Gasteiger partial charge in [0.05, 0.1) is 24.8 Å². The number of hydrogen-bond donors (Lipinski definition) is 1. The van der Waals surface area contributed by atoms with Gasteiger partial charge in [0.15, 0.2) is 0 Å². The van der Waals surface area contributed by atoms with Crippen LogP contribution in [0.25, 0.3) is 0 Å². The highest BCUT2D eigenvalue weighted by atomic mass is 19.1. The molecule has 0 spiro atoms. The Labute approximate surface area is 112 Å². The van der Waals surface area contributed by atoms with Crippen molar-refractivity contribution < 1.29 is 19.2 Å². The minimum Gasteiger partial charge on any atom is -0.481 e. The Kier molecular flexibility index (Phi) is 3.89. The fourth-order valence-corrected chi connectivity index (χ4v) is 1.77. The molecule has 0 aliphatic heterocycles. The van der Waals surface area contributed by atoms with Gasteiger partial charge in [0.2, 0.25) is 5.88 Å². The number of nitrogens with zero attached hydrogens (tertiary/aromatic N) is 4. The van der Waals surface area contributed by atoms with Gasteiger partial charge in [0.25, 0.3) is 0 Å². The zero-order valence-electron chi connectivity index (χ0n) is 10.4. The lowest BCUT2D eigenvalue weighted by atomic mass is 10.1. The molecule has 0 aliphatic carbocycles. The fraction of sp³-hybridized carbons (Fsp3) is 0.273. The lowest BCUT2D eigenvalue weighted by Crippen LogP contribution is -2.17. The van der Waals surface area contributed by atoms with E-state index in [1.54, 1.807) is 0 Å². The van der Waals surface area contributed by atoms with Gasteiger partial charge in [-0.3, -0.25) is 14.8 Å². The summed E-state index contributed by atoms with van der Waals surface area (Å²) in [5, 5.41) is 23.9. The van der Waals surface area contributed by atoms with Crippen molar-refractivity contribution in [3.8, 4) is 5.88 Å². The molecule has 1 N–H and O–H groups in total. The summed E-state index contributed by atoms with van der Waals surface area (Å²) in [5.74, 6) is -0.496. The van der Waals surface area contributed by atoms with Gasteiger partial charge in [0, 0.05) is 5.56 Å². The first-order valence-corrected chi connectivity index (χ1v) is 5.55. The number of aliphatic hydroxyl groups excluding tert-OH is 1. The standard InChI is InChI=1S/C11H11FN4O4/c1-20-11-9(2-7(12)3-13-11)10(6-17)15-5-8(4-14-15)16(18)19/h2-5,10,17H,6H2,1H3. The summed E-state index contributed by atoms with van der Waals surface area (Å²) in [6, 6.07) is 0.307. The molecular formula is C11H11FN4O4. The highest BCUT2D eigenvalue weighted by Gasteiger charge is 2.22. The topological polar surface area (TPSA) is 103 Å². The van der Waals surface area contributed by atoms with Gasteiger partial charge in [0.1, 0.15) is 24.3 Å². The molecule has 20 heavy (non-hydrogen) atoms. The quantitative estimate of drug-likeness (QED) is 0.646. The van der Waals surface area contributed by atoms with Crippen LogP contribution in [0.2, 0.25) is 0 Å². The van der Waals surface area contributed by atoms with Crippen molar-refractivity contribution in [1.29, 1.82) is 0 Å². The summed E-state index contributed by atoms with van der Waals surface area (Å²) in [6.07, 6.45) is 3.16. The average molecular weight is 282 g/mol. The maximum absolute atomic E-state index is 13.3. The molecule has 0 aromatic carbocycles. The molecule has 2 aromatic rings. The molecule has 1 unspecified atom stereocenters. The Morgan fingerprint density at radius 1 is 1.60 bits per heavy atom. The normalized spacial score (nSPS) is 12.2. The maximum Gasteiger partial charge on any atom is 0.307 e. The Morgan fingerprint density at radius 2 is 2.35 bits per heavy atom. The molecule has 9 heteroatoms. The Hall–Kier alpha value is -2.55. The van der Waals surface area contributed by atoms with E-state index >= 15 is 0 Å². The molecule has 106 valence electrons. The summed E-state index contributed by atoms with van der Waals surface area (Å²) >= 11 is 0. The number of nitro groups is 1. The van der Waals surface area contributed by atoms with Crippen molar-refractivity contribution >= 4 is 5.69 Å². The molecule has 8 nitrogen and oxygen atoms in total. The van der Waals surface area contributed by atoms with Gasteiger partial charge < -0.3 is 9.84 Å². The summed E-state index contributed by atoms with van der Waals surface area (Å²) in [5.41, 5.74) is 0.0137. The molecule has 0 aliphatic rings. The Bertz CT molecular complexity index is 631. The number of ether oxygens (including phenoxy) is 1. The zero-order chi connectivity index (χ0) is 14.7. The smallest absolute Gasteiger partial charge is 0.307 e. The third-order valence-corrected chi connectivity index (χ3v) is 2.69. The van der Waals surface area contributed by atoms with Crippen molar-refractivity contribution in [3.05, 3.63) is 46.2 Å². The first kappa shape index (κ1) is 13.9. The van der Waals surface area contributed by atoms with E-state index in [0.717, 1.165) is 29.3 Å². The average Bonchev–Trinajstić information content (AvgIpc) is 2.90. The molecule has 0 bridgehead atoms. The van der Waals surface area contributed by atoms with Crippen LogP contribution in [-0.2, 0) is 0 Å². The van der Waals surface area contributed by atoms with E-state index in [2.05, 4.69) is 10.1 Å². The van der Waals surface area contributed by atoms with Gasteiger partial charge in [-0.05, 0) is 6.07 Å². The van der Waals surface area contributed by atoms with Crippen LogP contribution in [0.1, 0.15) is 11.6 Å². The van der Waals surface area contributed by atoms with Crippen LogP contribution in [0.3, 0.4) is 0 Å². The monoisotopic (exact) mass is 282 g/mol. The molecule has 2 aromatic heterocycles. The third-order valence-electron chi connectivity index (χ3n) is 2.69. The molecule has 0 saturated heterocycles. The second-order valence-electron chi connectivity index (χ2n) is 3.89. The first-order chi connectivity index (χ1) is 9.56. The summed E-state index contributed by atoms with van der Waals surface area (Å²) in [6.45, 7) is -0.444. The second kappa shape index (κ2) is 5.61. The van der Waals surface area contributed by atoms with E-state index in [1.165, 1.54) is 7.11 Å². The number of methoxy groups -OCH3 is 1. The minimum atomic E-state index is -0.832. The van der Waals surface area contributed by atoms with Gasteiger partial charge in [-0.15, -0.1) is 0 Å². The largest absolute Gasteiger partial charge is 0.481 e. The highest BCUT2D eigenvalue weighted by molar-refractivity contribution is 5.31. The van der Waals surface area contributed by atoms with Crippen LogP contribution in [0.4, 0.5) is 10.1 Å². The highest BCUT2D eigenvalue weighted by Crippen LogP contribution is 2.27. The SMILES string of the molecule is COc1ncc(F)cc1C(CO)n1cc([N+](=O)[O-])cn1. The third kappa shape index (κ3) is 2.57. The van der Waals surface area contributed by atoms with Gasteiger partial charge >= 0.3 is 5.69 Å². The van der Waals surface area contributed by atoms with E-state index in [1.807, 2.05) is 0 Å². The van der Waals surface area contributed by atoms with Crippen molar-refractivity contribution in [1.82, 2.24) is 14.8 Å². The molecule has 0 amide bonds. The van der Waals surface area contributed by atoms with Crippen molar-refractivity contribution in [2.24, 2.45) is 0 Å². The predicted octanol–water partition coefficient (Wildman–Crippen LogP) is 0.916. The van der Waals surface area contributed by atoms with Crippen LogP contribution < -0.4 is 4.74 Å². The fourth-order valence-electron chi connectivity index (χ4n) is 1.77. The lowest BCUT2D eigenvalue weighted by molar-refractivity contribution is -0.385. The van der Waals surface area contributed by atoms with E-state index in [0.29, 0.717) is 0 Å². The number of hydrogen-bond acceptors (Lipinski definition) is 6. The molecule has 2 rings (SSSR count). The number of rotatable bonds is 5. The number of halogens is 1. The Morgan fingerprint density at radius 3 is 2.90 bits per heavy atom. The van der Waals surface area contributed by atoms with Crippen LogP contribution in [0.15, 0.2) is 24.7 Å². The summed E-state index contributed by atoms with van der Waals surface area (Å²) in [7, 11) is 1.35. The van der Waals surface area contributed by atoms with Crippen LogP contribution in [-0.4, -0.2) is 38.5 Å². The van der Waals surface area contributed by atoms with Crippen molar-refractivity contribution in [2.75, 3.05) is 13.7 Å². The molecule has 0 radical (unpaired) electrons. The van der Waals surface area contributed by atoms with Gasteiger partial charge in [-0.2, -0.15) is 5.10 Å². The molecule has 2 heterocycles. The molecule has 0 fully saturated rings. The Balaban J connectivity index is 2.45. The van der Waals surface area contributed by atoms with E-state index in [-0.39, 0.29) is 17.1 Å². The number of aliphatic hydroxyl groups is 1. The molecule has 1 atom stereocenters. The lowest BCUT2D eigenvalue weighted by Gasteiger charge is -2.17. The van der Waals surface area contributed by atoms with Crippen LogP contribution >= 0.6 is 0 Å². The number of aromatic nitrogens is 3. The minimum absolute atomic E-state index is 0.114. The molecular weight excluding hydrogens is 271 g/mol. The first-order valence-electron chi connectivity index (χ1n) is 5.55. The van der Waals surface area contributed by atoms with Crippen molar-refractivity contribution in [3.63, 3.8) is 0 Å². The summed E-state index contributed by atoms with van der Waals surface area (Å²) < 4.78 is 19.5. The molecule has 0 saturated carbocycles. The number of pyridine rings is 1. The van der Waals surface area contributed by atoms with E-state index in [9.17, 15) is 19.6 Å². The second-order valence-corrected chi connectivity index (χ2v) is 3.89. The predicted molar refractivity (Wildman–Crippen MR) is 64.9 cm³/mol. The van der Waals surface area contributed by atoms with Gasteiger partial charge in [-0.25, -0.2) is 9.37 Å². The van der Waals surface area contributed by atoms with Gasteiger partial charge in [-0.1, -0.05) is 0 Å². The summed E-state index contributed by atoms with van der Waals surface area (Å²) in [4.78, 5) is 13.8. The van der Waals surface area contributed by atoms with Crippen molar-refractivity contribution in [2.45, 2.75) is 6.04 Å². The van der Waals surface area contributed by atoms with E-state index in [4.69, 9.17) is 4.74 Å².